The Morgan fingerprint density at radius 1 is 0.750 bits per heavy atom. The van der Waals surface area contributed by atoms with Gasteiger partial charge in [0.05, 0.1) is 42.2 Å². The van der Waals surface area contributed by atoms with Crippen LogP contribution in [0.3, 0.4) is 0 Å². The zero-order valence-corrected chi connectivity index (χ0v) is 17.0. The summed E-state index contributed by atoms with van der Waals surface area (Å²) in [5.74, 6) is 0. The van der Waals surface area contributed by atoms with E-state index < -0.39 is 0 Å². The lowest BCUT2D eigenvalue weighted by atomic mass is 10.3. The molecule has 0 spiro atoms. The van der Waals surface area contributed by atoms with Crippen molar-refractivity contribution < 1.29 is 0 Å². The van der Waals surface area contributed by atoms with Gasteiger partial charge in [0.15, 0.2) is 9.50 Å². The summed E-state index contributed by atoms with van der Waals surface area (Å²) in [6.07, 6.45) is 0. The third kappa shape index (κ3) is 3.90. The van der Waals surface area contributed by atoms with E-state index in [-0.39, 0.29) is 0 Å². The molecular weight excluding hydrogens is 478 g/mol. The second kappa shape index (κ2) is 7.23. The fourth-order valence-electron chi connectivity index (χ4n) is 2.00. The molecule has 4 aromatic rings. The molecule has 3 N–H and O–H groups in total. The number of nitrogens with one attached hydrogen (secondary N) is 3. The van der Waals surface area contributed by atoms with E-state index in [2.05, 4.69) is 35.9 Å². The Kier molecular flexibility index (Phi) is 5.44. The molecule has 10 heteroatoms. The number of hydrogen-bond donors (Lipinski definition) is 3. The third-order valence-corrected chi connectivity index (χ3v) is 5.08. The zero-order valence-electron chi connectivity index (χ0n) is 11.6. The zero-order chi connectivity index (χ0) is 17.4. The SMILES string of the molecule is Clc1cc2nc(Br)[nH]c2cc1Cl.S=c1[nH]c2cc(Cl)c(Cl)cc2[nH]1. The predicted molar refractivity (Wildman–Crippen MR) is 107 cm³/mol. The van der Waals surface area contributed by atoms with Crippen molar-refractivity contribution in [3.63, 3.8) is 0 Å². The maximum Gasteiger partial charge on any atom is 0.175 e. The number of aromatic nitrogens is 4. The molecule has 0 aliphatic rings. The lowest BCUT2D eigenvalue weighted by molar-refractivity contribution is 1.27. The predicted octanol–water partition coefficient (Wildman–Crippen LogP) is 7.16. The number of H-pyrrole nitrogens is 3. The molecular formula is C14H7BrCl4N4S. The van der Waals surface area contributed by atoms with Crippen LogP contribution in [-0.4, -0.2) is 19.9 Å². The molecule has 0 fully saturated rings. The summed E-state index contributed by atoms with van der Waals surface area (Å²) in [6, 6.07) is 6.95. The number of rotatable bonds is 0. The van der Waals surface area contributed by atoms with E-state index in [0.29, 0.717) is 29.6 Å². The second-order valence-electron chi connectivity index (χ2n) is 4.70. The number of halogens is 5. The van der Waals surface area contributed by atoms with Crippen molar-refractivity contribution in [2.24, 2.45) is 0 Å². The molecule has 24 heavy (non-hydrogen) atoms. The highest BCUT2D eigenvalue weighted by Crippen LogP contribution is 2.27. The summed E-state index contributed by atoms with van der Waals surface area (Å²) >= 11 is 31.3. The normalized spacial score (nSPS) is 10.9. The molecule has 124 valence electrons. The highest BCUT2D eigenvalue weighted by molar-refractivity contribution is 9.10. The first-order chi connectivity index (χ1) is 11.3. The minimum atomic E-state index is 0.517. The monoisotopic (exact) mass is 482 g/mol. The Labute approximate surface area is 169 Å². The van der Waals surface area contributed by atoms with Crippen LogP contribution in [0.15, 0.2) is 29.0 Å². The standard InChI is InChI=1S/C7H3BrCl2N2.C7H4Cl2N2S/c8-7-11-5-1-3(9)4(10)2-6(5)12-7;8-3-1-5-6(2-4(3)9)11-7(12)10-5/h1-2H,(H,11,12);1-2H,(H2,10,11,12). The molecule has 4 rings (SSSR count). The van der Waals surface area contributed by atoms with E-state index in [9.17, 15) is 0 Å². The Balaban J connectivity index is 0.000000141. The number of hydrogen-bond acceptors (Lipinski definition) is 2. The van der Waals surface area contributed by atoms with E-state index in [0.717, 1.165) is 22.1 Å². The highest BCUT2D eigenvalue weighted by Gasteiger charge is 2.04. The maximum atomic E-state index is 5.80. The minimum Gasteiger partial charge on any atom is -0.332 e. The van der Waals surface area contributed by atoms with Gasteiger partial charge in [-0.25, -0.2) is 4.98 Å². The van der Waals surface area contributed by atoms with Gasteiger partial charge >= 0.3 is 0 Å². The highest BCUT2D eigenvalue weighted by atomic mass is 79.9. The lowest BCUT2D eigenvalue weighted by Crippen LogP contribution is -1.71. The van der Waals surface area contributed by atoms with E-state index in [1.165, 1.54) is 0 Å². The van der Waals surface area contributed by atoms with Gasteiger partial charge in [-0.15, -0.1) is 0 Å². The Bertz CT molecular complexity index is 1020. The van der Waals surface area contributed by atoms with Gasteiger partial charge in [-0.3, -0.25) is 0 Å². The van der Waals surface area contributed by atoms with Gasteiger partial charge < -0.3 is 15.0 Å². The summed E-state index contributed by atoms with van der Waals surface area (Å²) in [5.41, 5.74) is 3.41. The number of aromatic amines is 3. The molecule has 0 aliphatic carbocycles. The smallest absolute Gasteiger partial charge is 0.175 e. The van der Waals surface area contributed by atoms with Crippen LogP contribution in [0.1, 0.15) is 0 Å². The Hall–Kier alpha value is -0.760. The minimum absolute atomic E-state index is 0.517. The molecule has 0 unspecified atom stereocenters. The first-order valence-electron chi connectivity index (χ1n) is 6.41. The van der Waals surface area contributed by atoms with Gasteiger partial charge in [0.25, 0.3) is 0 Å². The molecule has 0 saturated heterocycles. The van der Waals surface area contributed by atoms with Gasteiger partial charge in [0, 0.05) is 0 Å². The fraction of sp³-hybridized carbons (Fsp3) is 0. The van der Waals surface area contributed by atoms with Crippen LogP contribution in [0.2, 0.25) is 20.1 Å². The van der Waals surface area contributed by atoms with Crippen molar-refractivity contribution in [2.75, 3.05) is 0 Å². The average molecular weight is 485 g/mol. The molecule has 0 aliphatic heterocycles. The van der Waals surface area contributed by atoms with Crippen molar-refractivity contribution in [2.45, 2.75) is 0 Å². The first kappa shape index (κ1) is 18.0. The molecule has 0 atom stereocenters. The van der Waals surface area contributed by atoms with Gasteiger partial charge in [-0.2, -0.15) is 0 Å². The molecule has 2 heterocycles. The van der Waals surface area contributed by atoms with Crippen LogP contribution in [0.5, 0.6) is 0 Å². The third-order valence-electron chi connectivity index (χ3n) is 3.05. The van der Waals surface area contributed by atoms with Crippen molar-refractivity contribution in [1.82, 2.24) is 19.9 Å². The number of fused-ring (bicyclic) bond motifs is 2. The quantitative estimate of drug-likeness (QED) is 0.232. The maximum absolute atomic E-state index is 5.80. The van der Waals surface area contributed by atoms with Crippen molar-refractivity contribution in [3.8, 4) is 0 Å². The van der Waals surface area contributed by atoms with Gasteiger partial charge in [0.2, 0.25) is 0 Å². The molecule has 0 amide bonds. The van der Waals surface area contributed by atoms with E-state index in [4.69, 9.17) is 58.6 Å². The molecule has 0 saturated carbocycles. The first-order valence-corrected chi connectivity index (χ1v) is 9.12. The van der Waals surface area contributed by atoms with Crippen LogP contribution in [0.25, 0.3) is 22.1 Å². The van der Waals surface area contributed by atoms with Crippen molar-refractivity contribution >= 4 is 96.6 Å². The van der Waals surface area contributed by atoms with Gasteiger partial charge in [-0.05, 0) is 52.4 Å². The van der Waals surface area contributed by atoms with Crippen LogP contribution in [0.4, 0.5) is 0 Å². The second-order valence-corrected chi connectivity index (χ2v) is 7.49. The molecule has 4 nitrogen and oxygen atoms in total. The van der Waals surface area contributed by atoms with Crippen molar-refractivity contribution in [1.29, 1.82) is 0 Å². The molecule has 0 bridgehead atoms. The van der Waals surface area contributed by atoms with Crippen LogP contribution < -0.4 is 0 Å². The molecule has 2 aromatic carbocycles. The Morgan fingerprint density at radius 2 is 1.21 bits per heavy atom. The lowest BCUT2D eigenvalue weighted by Gasteiger charge is -1.93. The summed E-state index contributed by atoms with van der Waals surface area (Å²) in [5, 5.41) is 2.09. The van der Waals surface area contributed by atoms with Crippen LogP contribution in [0, 0.1) is 4.77 Å². The van der Waals surface area contributed by atoms with Gasteiger partial charge in [-0.1, -0.05) is 46.4 Å². The number of nitrogens with zero attached hydrogens (tertiary/aromatic N) is 1. The van der Waals surface area contributed by atoms with Crippen molar-refractivity contribution in [3.05, 3.63) is 53.9 Å². The molecule has 2 aromatic heterocycles. The topological polar surface area (TPSA) is 60.3 Å². The van der Waals surface area contributed by atoms with E-state index in [1.807, 2.05) is 0 Å². The average Bonchev–Trinajstić information content (AvgIpc) is 3.01. The fourth-order valence-corrected chi connectivity index (χ4v) is 3.28. The number of benzene rings is 2. The summed E-state index contributed by atoms with van der Waals surface area (Å²) < 4.78 is 1.25. The Morgan fingerprint density at radius 3 is 1.75 bits per heavy atom. The molecule has 0 radical (unpaired) electrons. The largest absolute Gasteiger partial charge is 0.332 e. The van der Waals surface area contributed by atoms with Gasteiger partial charge in [0.1, 0.15) is 0 Å². The summed E-state index contributed by atoms with van der Waals surface area (Å²) in [7, 11) is 0. The summed E-state index contributed by atoms with van der Waals surface area (Å²) in [4.78, 5) is 13.0. The van der Waals surface area contributed by atoms with Crippen LogP contribution >= 0.6 is 74.6 Å². The number of imidazole rings is 2. The summed E-state index contributed by atoms with van der Waals surface area (Å²) in [6.45, 7) is 0. The van der Waals surface area contributed by atoms with E-state index in [1.54, 1.807) is 24.3 Å². The van der Waals surface area contributed by atoms with Crippen LogP contribution in [-0.2, 0) is 0 Å². The van der Waals surface area contributed by atoms with E-state index >= 15 is 0 Å².